The molecule has 2 atom stereocenters. The topological polar surface area (TPSA) is 71.4 Å². The van der Waals surface area contributed by atoms with Crippen molar-refractivity contribution in [2.45, 2.75) is 38.3 Å². The molecule has 1 saturated heterocycles. The summed E-state index contributed by atoms with van der Waals surface area (Å²) in [6, 6.07) is 0.178. The zero-order valence-electron chi connectivity index (χ0n) is 12.4. The molecule has 2 unspecified atom stereocenters. The molecule has 0 aliphatic carbocycles. The van der Waals surface area contributed by atoms with Crippen molar-refractivity contribution in [1.29, 1.82) is 0 Å². The Balaban J connectivity index is 2.21. The van der Waals surface area contributed by atoms with Crippen LogP contribution in [0, 0.1) is 0 Å². The van der Waals surface area contributed by atoms with Crippen LogP contribution in [0.3, 0.4) is 0 Å². The molecule has 0 radical (unpaired) electrons. The molecule has 0 amide bonds. The average molecular weight is 267 g/mol. The fraction of sp³-hybridized carbons (Fsp3) is 0.846. The van der Waals surface area contributed by atoms with Gasteiger partial charge in [0.15, 0.2) is 5.82 Å². The smallest absolute Gasteiger partial charge is 0.246 e. The first-order valence-electron chi connectivity index (χ1n) is 6.96. The van der Waals surface area contributed by atoms with Gasteiger partial charge in [-0.05, 0) is 47.0 Å². The minimum atomic E-state index is -0.541. The van der Waals surface area contributed by atoms with E-state index in [-0.39, 0.29) is 6.04 Å². The van der Waals surface area contributed by atoms with Gasteiger partial charge in [0.1, 0.15) is 0 Å². The molecule has 6 nitrogen and oxygen atoms in total. The Morgan fingerprint density at radius 1 is 1.42 bits per heavy atom. The van der Waals surface area contributed by atoms with E-state index in [0.29, 0.717) is 5.89 Å². The first-order chi connectivity index (χ1) is 8.94. The lowest BCUT2D eigenvalue weighted by atomic mass is 10.0. The summed E-state index contributed by atoms with van der Waals surface area (Å²) in [5.41, 5.74) is 5.61. The Labute approximate surface area is 114 Å². The van der Waals surface area contributed by atoms with Crippen molar-refractivity contribution < 1.29 is 4.52 Å². The second-order valence-electron chi connectivity index (χ2n) is 5.84. The van der Waals surface area contributed by atoms with Crippen molar-refractivity contribution >= 4 is 0 Å². The first-order valence-corrected chi connectivity index (χ1v) is 6.96. The molecule has 0 aromatic carbocycles. The van der Waals surface area contributed by atoms with Gasteiger partial charge in [-0.1, -0.05) is 12.1 Å². The van der Waals surface area contributed by atoms with Crippen LogP contribution in [-0.4, -0.2) is 53.7 Å². The fourth-order valence-electron chi connectivity index (χ4n) is 2.30. The van der Waals surface area contributed by atoms with Crippen molar-refractivity contribution in [2.24, 2.45) is 5.73 Å². The lowest BCUT2D eigenvalue weighted by Crippen LogP contribution is -2.33. The van der Waals surface area contributed by atoms with E-state index in [9.17, 15) is 0 Å². The van der Waals surface area contributed by atoms with Crippen LogP contribution in [0.1, 0.15) is 44.4 Å². The van der Waals surface area contributed by atoms with Crippen LogP contribution in [0.4, 0.5) is 0 Å². The summed E-state index contributed by atoms with van der Waals surface area (Å²) >= 11 is 0. The van der Waals surface area contributed by atoms with Crippen LogP contribution in [0.5, 0.6) is 0 Å². The maximum Gasteiger partial charge on any atom is 0.246 e. The van der Waals surface area contributed by atoms with Gasteiger partial charge in [-0.15, -0.1) is 0 Å². The van der Waals surface area contributed by atoms with Gasteiger partial charge in [0.05, 0.1) is 11.6 Å². The lowest BCUT2D eigenvalue weighted by Gasteiger charge is -2.24. The summed E-state index contributed by atoms with van der Waals surface area (Å²) < 4.78 is 5.37. The van der Waals surface area contributed by atoms with Crippen molar-refractivity contribution in [3.05, 3.63) is 11.7 Å². The van der Waals surface area contributed by atoms with Gasteiger partial charge in [0.2, 0.25) is 5.89 Å². The molecule has 2 rings (SSSR count). The molecular weight excluding hydrogens is 242 g/mol. The Hall–Kier alpha value is -0.980. The summed E-state index contributed by atoms with van der Waals surface area (Å²) in [4.78, 5) is 9.13. The predicted molar refractivity (Wildman–Crippen MR) is 73.6 cm³/mol. The van der Waals surface area contributed by atoms with Crippen LogP contribution in [0.2, 0.25) is 0 Å². The summed E-state index contributed by atoms with van der Waals surface area (Å²) in [5, 5.41) is 4.15. The third-order valence-electron chi connectivity index (χ3n) is 4.03. The fourth-order valence-corrected chi connectivity index (χ4v) is 2.30. The van der Waals surface area contributed by atoms with Gasteiger partial charge < -0.3 is 15.2 Å². The number of nitrogens with two attached hydrogens (primary N) is 1. The van der Waals surface area contributed by atoms with Gasteiger partial charge in [-0.25, -0.2) is 0 Å². The van der Waals surface area contributed by atoms with Crippen LogP contribution in [0.15, 0.2) is 4.52 Å². The predicted octanol–water partition coefficient (Wildman–Crippen LogP) is 0.962. The summed E-state index contributed by atoms with van der Waals surface area (Å²) in [7, 11) is 4.24. The molecule has 0 bridgehead atoms. The summed E-state index contributed by atoms with van der Waals surface area (Å²) in [6.45, 7) is 7.02. The van der Waals surface area contributed by atoms with Crippen LogP contribution >= 0.6 is 0 Å². The Bertz CT molecular complexity index is 417. The maximum atomic E-state index is 6.15. The van der Waals surface area contributed by atoms with Crippen molar-refractivity contribution in [2.75, 3.05) is 33.7 Å². The summed E-state index contributed by atoms with van der Waals surface area (Å²) in [6.07, 6.45) is 1.94. The van der Waals surface area contributed by atoms with E-state index in [0.717, 1.165) is 38.3 Å². The average Bonchev–Trinajstić information content (AvgIpc) is 2.79. The number of hydrogen-bond acceptors (Lipinski definition) is 6. The zero-order valence-corrected chi connectivity index (χ0v) is 12.4. The molecule has 108 valence electrons. The molecule has 1 aromatic heterocycles. The van der Waals surface area contributed by atoms with Gasteiger partial charge in [-0.3, -0.25) is 4.90 Å². The van der Waals surface area contributed by atoms with Crippen molar-refractivity contribution in [1.82, 2.24) is 19.9 Å². The number of hydrogen-bond donors (Lipinski definition) is 1. The highest BCUT2D eigenvalue weighted by molar-refractivity contribution is 5.03. The molecular formula is C13H25N5O. The van der Waals surface area contributed by atoms with Crippen LogP contribution in [0.25, 0.3) is 0 Å². The quantitative estimate of drug-likeness (QED) is 0.879. The molecule has 0 spiro atoms. The number of aromatic nitrogens is 2. The van der Waals surface area contributed by atoms with Gasteiger partial charge in [0.25, 0.3) is 0 Å². The van der Waals surface area contributed by atoms with E-state index < -0.39 is 5.54 Å². The third-order valence-corrected chi connectivity index (χ3v) is 4.03. The molecule has 2 heterocycles. The minimum absolute atomic E-state index is 0.178. The highest BCUT2D eigenvalue weighted by Gasteiger charge is 2.31. The molecule has 1 aromatic rings. The molecule has 1 aliphatic heterocycles. The Kier molecular flexibility index (Phi) is 4.23. The van der Waals surface area contributed by atoms with Crippen molar-refractivity contribution in [3.8, 4) is 0 Å². The number of nitrogens with zero attached hydrogens (tertiary/aromatic N) is 4. The Morgan fingerprint density at radius 3 is 2.84 bits per heavy atom. The van der Waals surface area contributed by atoms with Crippen LogP contribution < -0.4 is 5.73 Å². The van der Waals surface area contributed by atoms with Gasteiger partial charge >= 0.3 is 0 Å². The minimum Gasteiger partial charge on any atom is -0.337 e. The van der Waals surface area contributed by atoms with Crippen LogP contribution in [-0.2, 0) is 5.54 Å². The second-order valence-corrected chi connectivity index (χ2v) is 5.84. The van der Waals surface area contributed by atoms with Gasteiger partial charge in [0, 0.05) is 6.54 Å². The van der Waals surface area contributed by atoms with E-state index in [2.05, 4.69) is 34.0 Å². The maximum absolute atomic E-state index is 6.15. The van der Waals surface area contributed by atoms with E-state index in [1.54, 1.807) is 0 Å². The molecule has 2 N–H and O–H groups in total. The standard InChI is InChI=1S/C13H25N5O/c1-5-13(2,14)12-15-11(16-19-12)10-9-17(3)7-6-8-18(10)4/h10H,5-9,14H2,1-4H3. The largest absolute Gasteiger partial charge is 0.337 e. The second kappa shape index (κ2) is 5.56. The third kappa shape index (κ3) is 3.13. The molecule has 6 heteroatoms. The monoisotopic (exact) mass is 267 g/mol. The molecule has 19 heavy (non-hydrogen) atoms. The normalized spacial score (nSPS) is 26.1. The number of likely N-dealkylation sites (N-methyl/N-ethyl adjacent to an activating group) is 2. The molecule has 0 saturated carbocycles. The molecule has 1 fully saturated rings. The summed E-state index contributed by atoms with van der Waals surface area (Å²) in [5.74, 6) is 1.28. The molecule has 1 aliphatic rings. The highest BCUT2D eigenvalue weighted by atomic mass is 16.5. The first kappa shape index (κ1) is 14.4. The van der Waals surface area contributed by atoms with Gasteiger partial charge in [-0.2, -0.15) is 4.98 Å². The number of rotatable bonds is 3. The lowest BCUT2D eigenvalue weighted by molar-refractivity contribution is 0.213. The zero-order chi connectivity index (χ0) is 14.0. The van der Waals surface area contributed by atoms with E-state index in [1.807, 2.05) is 13.8 Å². The van der Waals surface area contributed by atoms with E-state index in [4.69, 9.17) is 10.3 Å². The highest BCUT2D eigenvalue weighted by Crippen LogP contribution is 2.24. The SMILES string of the molecule is CCC(C)(N)c1nc(C2CN(C)CCCN2C)no1. The van der Waals surface area contributed by atoms with E-state index in [1.165, 1.54) is 0 Å². The Morgan fingerprint density at radius 2 is 2.16 bits per heavy atom. The van der Waals surface area contributed by atoms with E-state index >= 15 is 0 Å². The van der Waals surface area contributed by atoms with Crippen molar-refractivity contribution in [3.63, 3.8) is 0 Å².